The highest BCUT2D eigenvalue weighted by molar-refractivity contribution is 5.86. The maximum Gasteiger partial charge on any atom is 0.229 e. The average molecular weight is 288 g/mol. The summed E-state index contributed by atoms with van der Waals surface area (Å²) in [5.74, 6) is -0.224. The number of hydrogen-bond donors (Lipinski definition) is 1. The molecule has 2 unspecified atom stereocenters. The predicted molar refractivity (Wildman–Crippen MR) is 81.8 cm³/mol. The van der Waals surface area contributed by atoms with Crippen molar-refractivity contribution < 1.29 is 4.79 Å². The highest BCUT2D eigenvalue weighted by Gasteiger charge is 2.48. The van der Waals surface area contributed by atoms with E-state index in [1.807, 2.05) is 18.2 Å². The number of rotatable bonds is 3. The molecule has 1 aromatic heterocycles. The van der Waals surface area contributed by atoms with Gasteiger partial charge in [0.15, 0.2) is 0 Å². The van der Waals surface area contributed by atoms with Crippen LogP contribution in [0.5, 0.6) is 0 Å². The standard InChI is InChI=1S/C16H24N4O/c1-19-8-10-20(11-9-19)13-5-6-16(12-13,15(17)21)14-4-2-3-7-18-14/h2-4,7,13H,5-6,8-12H2,1H3,(H2,17,21). The predicted octanol–water partition coefficient (Wildman–Crippen LogP) is 0.605. The summed E-state index contributed by atoms with van der Waals surface area (Å²) in [6.07, 6.45) is 4.41. The Kier molecular flexibility index (Phi) is 3.95. The van der Waals surface area contributed by atoms with Gasteiger partial charge < -0.3 is 10.6 Å². The molecular formula is C16H24N4O. The van der Waals surface area contributed by atoms with Crippen LogP contribution in [0.2, 0.25) is 0 Å². The first-order valence-electron chi connectivity index (χ1n) is 7.76. The molecule has 2 atom stereocenters. The average Bonchev–Trinajstić information content (AvgIpc) is 2.95. The van der Waals surface area contributed by atoms with E-state index in [2.05, 4.69) is 21.8 Å². The fraction of sp³-hybridized carbons (Fsp3) is 0.625. The Balaban J connectivity index is 1.78. The normalized spacial score (nSPS) is 31.4. The quantitative estimate of drug-likeness (QED) is 0.885. The van der Waals surface area contributed by atoms with E-state index in [-0.39, 0.29) is 5.91 Å². The first kappa shape index (κ1) is 14.5. The van der Waals surface area contributed by atoms with Gasteiger partial charge in [-0.3, -0.25) is 14.7 Å². The summed E-state index contributed by atoms with van der Waals surface area (Å²) in [6, 6.07) is 6.21. The summed E-state index contributed by atoms with van der Waals surface area (Å²) < 4.78 is 0. The molecular weight excluding hydrogens is 264 g/mol. The minimum absolute atomic E-state index is 0.224. The molecule has 1 aliphatic heterocycles. The van der Waals surface area contributed by atoms with Crippen LogP contribution in [-0.4, -0.2) is 60.0 Å². The lowest BCUT2D eigenvalue weighted by molar-refractivity contribution is -0.123. The molecule has 1 aliphatic carbocycles. The van der Waals surface area contributed by atoms with Gasteiger partial charge >= 0.3 is 0 Å². The molecule has 114 valence electrons. The Morgan fingerprint density at radius 2 is 2.10 bits per heavy atom. The number of nitrogens with zero attached hydrogens (tertiary/aromatic N) is 3. The smallest absolute Gasteiger partial charge is 0.229 e. The zero-order chi connectivity index (χ0) is 14.9. The SMILES string of the molecule is CN1CCN(C2CCC(C(N)=O)(c3ccccn3)C2)CC1. The van der Waals surface area contributed by atoms with Crippen LogP contribution in [0.25, 0.3) is 0 Å². The van der Waals surface area contributed by atoms with Gasteiger partial charge in [-0.1, -0.05) is 6.07 Å². The molecule has 5 heteroatoms. The number of carbonyl (C=O) groups excluding carboxylic acids is 1. The molecule has 2 N–H and O–H groups in total. The number of hydrogen-bond acceptors (Lipinski definition) is 4. The number of nitrogens with two attached hydrogens (primary N) is 1. The van der Waals surface area contributed by atoms with Crippen LogP contribution in [-0.2, 0) is 10.2 Å². The van der Waals surface area contributed by atoms with Gasteiger partial charge in [0.1, 0.15) is 0 Å². The maximum absolute atomic E-state index is 12.2. The number of amides is 1. The number of aromatic nitrogens is 1. The van der Waals surface area contributed by atoms with Crippen molar-refractivity contribution in [2.45, 2.75) is 30.7 Å². The number of likely N-dealkylation sites (N-methyl/N-ethyl adjacent to an activating group) is 1. The number of carbonyl (C=O) groups is 1. The first-order valence-corrected chi connectivity index (χ1v) is 7.76. The Morgan fingerprint density at radius 1 is 1.33 bits per heavy atom. The zero-order valence-electron chi connectivity index (χ0n) is 12.7. The van der Waals surface area contributed by atoms with Gasteiger partial charge in [-0.05, 0) is 38.4 Å². The molecule has 1 saturated carbocycles. The van der Waals surface area contributed by atoms with Gasteiger partial charge in [-0.25, -0.2) is 0 Å². The van der Waals surface area contributed by atoms with Crippen LogP contribution in [0.3, 0.4) is 0 Å². The van der Waals surface area contributed by atoms with Crippen molar-refractivity contribution in [2.75, 3.05) is 33.2 Å². The fourth-order valence-corrected chi connectivity index (χ4v) is 3.75. The van der Waals surface area contributed by atoms with Crippen LogP contribution >= 0.6 is 0 Å². The van der Waals surface area contributed by atoms with Gasteiger partial charge in [0, 0.05) is 38.4 Å². The summed E-state index contributed by atoms with van der Waals surface area (Å²) in [5.41, 5.74) is 6.04. The van der Waals surface area contributed by atoms with Gasteiger partial charge in [0.25, 0.3) is 0 Å². The highest BCUT2D eigenvalue weighted by atomic mass is 16.1. The third kappa shape index (κ3) is 2.68. The Hall–Kier alpha value is -1.46. The molecule has 0 aromatic carbocycles. The van der Waals surface area contributed by atoms with Crippen molar-refractivity contribution >= 4 is 5.91 Å². The molecule has 21 heavy (non-hydrogen) atoms. The molecule has 3 rings (SSSR count). The third-order valence-corrected chi connectivity index (χ3v) is 5.17. The summed E-state index contributed by atoms with van der Waals surface area (Å²) >= 11 is 0. The molecule has 0 radical (unpaired) electrons. The van der Waals surface area contributed by atoms with Crippen LogP contribution < -0.4 is 5.73 Å². The fourth-order valence-electron chi connectivity index (χ4n) is 3.75. The van der Waals surface area contributed by atoms with Crippen molar-refractivity contribution in [2.24, 2.45) is 5.73 Å². The monoisotopic (exact) mass is 288 g/mol. The van der Waals surface area contributed by atoms with Crippen molar-refractivity contribution in [1.82, 2.24) is 14.8 Å². The molecule has 2 fully saturated rings. The van der Waals surface area contributed by atoms with Crippen molar-refractivity contribution in [3.8, 4) is 0 Å². The number of primary amides is 1. The third-order valence-electron chi connectivity index (χ3n) is 5.17. The topological polar surface area (TPSA) is 62.5 Å². The first-order chi connectivity index (χ1) is 10.1. The molecule has 1 aromatic rings. The Bertz CT molecular complexity index is 498. The van der Waals surface area contributed by atoms with E-state index >= 15 is 0 Å². The van der Waals surface area contributed by atoms with E-state index in [1.54, 1.807) is 6.20 Å². The second-order valence-electron chi connectivity index (χ2n) is 6.40. The van der Waals surface area contributed by atoms with Crippen molar-refractivity contribution in [3.05, 3.63) is 30.1 Å². The van der Waals surface area contributed by atoms with E-state index in [0.717, 1.165) is 51.1 Å². The van der Waals surface area contributed by atoms with Gasteiger partial charge in [0.2, 0.25) is 5.91 Å². The number of piperazine rings is 1. The molecule has 0 bridgehead atoms. The van der Waals surface area contributed by atoms with Crippen molar-refractivity contribution in [1.29, 1.82) is 0 Å². The summed E-state index contributed by atoms with van der Waals surface area (Å²) in [4.78, 5) is 21.5. The van der Waals surface area contributed by atoms with E-state index < -0.39 is 5.41 Å². The molecule has 2 aliphatic rings. The molecule has 2 heterocycles. The second kappa shape index (κ2) is 5.73. The molecule has 1 amide bonds. The Labute approximate surface area is 126 Å². The minimum atomic E-state index is -0.574. The van der Waals surface area contributed by atoms with Crippen LogP contribution in [0.1, 0.15) is 25.0 Å². The maximum atomic E-state index is 12.2. The van der Waals surface area contributed by atoms with E-state index in [1.165, 1.54) is 0 Å². The van der Waals surface area contributed by atoms with Gasteiger partial charge in [-0.15, -0.1) is 0 Å². The Morgan fingerprint density at radius 3 is 2.71 bits per heavy atom. The van der Waals surface area contributed by atoms with E-state index in [0.29, 0.717) is 6.04 Å². The molecule has 5 nitrogen and oxygen atoms in total. The lowest BCUT2D eigenvalue weighted by Crippen LogP contribution is -2.49. The zero-order valence-corrected chi connectivity index (χ0v) is 12.7. The highest BCUT2D eigenvalue weighted by Crippen LogP contribution is 2.42. The summed E-state index contributed by atoms with van der Waals surface area (Å²) in [6.45, 7) is 4.36. The van der Waals surface area contributed by atoms with Crippen LogP contribution in [0.15, 0.2) is 24.4 Å². The summed E-state index contributed by atoms with van der Waals surface area (Å²) in [7, 11) is 2.16. The number of pyridine rings is 1. The minimum Gasteiger partial charge on any atom is -0.369 e. The van der Waals surface area contributed by atoms with Gasteiger partial charge in [-0.2, -0.15) is 0 Å². The lowest BCUT2D eigenvalue weighted by atomic mass is 9.81. The van der Waals surface area contributed by atoms with Crippen LogP contribution in [0.4, 0.5) is 0 Å². The largest absolute Gasteiger partial charge is 0.369 e. The van der Waals surface area contributed by atoms with E-state index in [9.17, 15) is 4.79 Å². The van der Waals surface area contributed by atoms with E-state index in [4.69, 9.17) is 5.73 Å². The lowest BCUT2D eigenvalue weighted by Gasteiger charge is -2.37. The molecule has 1 saturated heterocycles. The van der Waals surface area contributed by atoms with Crippen LogP contribution in [0, 0.1) is 0 Å². The van der Waals surface area contributed by atoms with Gasteiger partial charge in [0.05, 0.1) is 11.1 Å². The van der Waals surface area contributed by atoms with Crippen molar-refractivity contribution in [3.63, 3.8) is 0 Å². The summed E-state index contributed by atoms with van der Waals surface area (Å²) in [5, 5.41) is 0. The second-order valence-corrected chi connectivity index (χ2v) is 6.40. The molecule has 0 spiro atoms.